The molecular weight excluding hydrogens is 246 g/mol. The summed E-state index contributed by atoms with van der Waals surface area (Å²) in [6.45, 7) is -0.213. The lowest BCUT2D eigenvalue weighted by molar-refractivity contribution is 0.0000592. The maximum Gasteiger partial charge on any atom is 0.389 e. The molecule has 95 valence electrons. The Bertz CT molecular complexity index is 569. The maximum atomic E-state index is 11.8. The number of benzene rings is 2. The second kappa shape index (κ2) is 6.27. The zero-order valence-electron chi connectivity index (χ0n) is 10.0. The molecule has 0 aliphatic heterocycles. The van der Waals surface area contributed by atoms with Gasteiger partial charge in [-0.25, -0.2) is 0 Å². The maximum absolute atomic E-state index is 11.8. The average molecular weight is 257 g/mol. The van der Waals surface area contributed by atoms with Crippen molar-refractivity contribution < 1.29 is 19.3 Å². The number of aliphatic hydroxyl groups is 1. The summed E-state index contributed by atoms with van der Waals surface area (Å²) in [4.78, 5) is 14.1. The third-order valence-corrected chi connectivity index (χ3v) is 2.86. The van der Waals surface area contributed by atoms with Crippen molar-refractivity contribution in [2.24, 2.45) is 0 Å². The second-order valence-electron chi connectivity index (χ2n) is 4.02. The van der Waals surface area contributed by atoms with E-state index >= 15 is 0 Å². The summed E-state index contributed by atoms with van der Waals surface area (Å²) in [5.41, 5.74) is 3.43. The summed E-state index contributed by atoms with van der Waals surface area (Å²) < 4.78 is 11.8. The minimum Gasteiger partial charge on any atom is -0.392 e. The van der Waals surface area contributed by atoms with Crippen LogP contribution in [0.1, 0.15) is 15.9 Å². The van der Waals surface area contributed by atoms with Crippen molar-refractivity contribution in [2.45, 2.75) is 6.61 Å². The summed E-state index contributed by atoms with van der Waals surface area (Å²) in [5, 5.41) is 9.25. The highest BCUT2D eigenvalue weighted by molar-refractivity contribution is 6.47. The predicted octanol–water partition coefficient (Wildman–Crippen LogP) is 1.80. The Kier molecular flexibility index (Phi) is 4.44. The van der Waals surface area contributed by atoms with Crippen LogP contribution in [-0.4, -0.2) is 18.9 Å². The van der Waals surface area contributed by atoms with E-state index in [1.54, 1.807) is 30.3 Å². The molecule has 1 N–H and O–H groups in total. The number of halogens is 1. The first-order chi connectivity index (χ1) is 9.28. The van der Waals surface area contributed by atoms with Gasteiger partial charge in [0.1, 0.15) is 6.29 Å². The van der Waals surface area contributed by atoms with E-state index in [1.165, 1.54) is 0 Å². The number of rotatable bonds is 5. The molecule has 19 heavy (non-hydrogen) atoms. The molecule has 0 heterocycles. The van der Waals surface area contributed by atoms with Gasteiger partial charge in [-0.05, 0) is 28.2 Å². The van der Waals surface area contributed by atoms with Crippen LogP contribution in [0.2, 0.25) is 0 Å². The predicted molar refractivity (Wildman–Crippen MR) is 70.8 cm³/mol. The number of hydrogen-bond donors (Lipinski definition) is 1. The van der Waals surface area contributed by atoms with Crippen molar-refractivity contribution in [3.8, 4) is 11.1 Å². The normalized spacial score (nSPS) is 10.2. The molecule has 2 aromatic rings. The van der Waals surface area contributed by atoms with Crippen molar-refractivity contribution in [1.82, 2.24) is 0 Å². The van der Waals surface area contributed by atoms with Gasteiger partial charge in [0.25, 0.3) is 0 Å². The molecule has 0 saturated heterocycles. The summed E-state index contributed by atoms with van der Waals surface area (Å²) in [5.74, 6) is 0. The number of carbonyl (C=O) groups excluding carboxylic acids is 1. The van der Waals surface area contributed by atoms with Crippen LogP contribution >= 0.6 is 0 Å². The molecule has 3 nitrogen and oxygen atoms in total. The zero-order valence-corrected chi connectivity index (χ0v) is 10.0. The monoisotopic (exact) mass is 257 g/mol. The Balaban J connectivity index is 2.36. The van der Waals surface area contributed by atoms with E-state index in [4.69, 9.17) is 0 Å². The van der Waals surface area contributed by atoms with Gasteiger partial charge < -0.3 is 5.11 Å². The third-order valence-electron chi connectivity index (χ3n) is 2.86. The van der Waals surface area contributed by atoms with E-state index < -0.39 is 0 Å². The lowest BCUT2D eigenvalue weighted by atomic mass is 9.83. The Hall–Kier alpha value is -1.98. The van der Waals surface area contributed by atoms with Gasteiger partial charge in [-0.15, -0.1) is 0 Å². The van der Waals surface area contributed by atoms with Crippen molar-refractivity contribution in [3.63, 3.8) is 0 Å². The molecule has 0 unspecified atom stereocenters. The lowest BCUT2D eigenvalue weighted by Gasteiger charge is -2.08. The zero-order chi connectivity index (χ0) is 13.7. The molecule has 0 fully saturated rings. The molecule has 0 aromatic heterocycles. The fourth-order valence-corrected chi connectivity index (χ4v) is 1.84. The number of hydrogen-bond acceptors (Lipinski definition) is 3. The molecule has 0 atom stereocenters. The van der Waals surface area contributed by atoms with Crippen molar-refractivity contribution in [3.05, 3.63) is 53.6 Å². The minimum atomic E-state index is -0.213. The SMILES string of the molecule is O=Cc1ccc(-c2ccc([B]OF)c(CO)c2)cc1. The molecule has 0 spiro atoms. The fourth-order valence-electron chi connectivity index (χ4n) is 1.84. The van der Waals surface area contributed by atoms with E-state index in [9.17, 15) is 14.4 Å². The van der Waals surface area contributed by atoms with Gasteiger partial charge in [-0.1, -0.05) is 40.9 Å². The van der Waals surface area contributed by atoms with Crippen LogP contribution < -0.4 is 5.46 Å². The van der Waals surface area contributed by atoms with Gasteiger partial charge in [0.2, 0.25) is 0 Å². The summed E-state index contributed by atoms with van der Waals surface area (Å²) in [6, 6.07) is 12.3. The summed E-state index contributed by atoms with van der Waals surface area (Å²) in [6.07, 6.45) is 0.777. The number of aldehydes is 1. The van der Waals surface area contributed by atoms with Crippen molar-refractivity contribution in [2.75, 3.05) is 0 Å². The molecule has 5 heteroatoms. The van der Waals surface area contributed by atoms with Crippen molar-refractivity contribution in [1.29, 1.82) is 0 Å². The van der Waals surface area contributed by atoms with Crippen LogP contribution in [0.25, 0.3) is 11.1 Å². The first-order valence-electron chi connectivity index (χ1n) is 5.68. The highest BCUT2D eigenvalue weighted by Crippen LogP contribution is 2.20. The van der Waals surface area contributed by atoms with Gasteiger partial charge in [-0.2, -0.15) is 0 Å². The topological polar surface area (TPSA) is 46.5 Å². The van der Waals surface area contributed by atoms with E-state index in [-0.39, 0.29) is 6.61 Å². The Morgan fingerprint density at radius 2 is 1.84 bits per heavy atom. The van der Waals surface area contributed by atoms with E-state index in [0.29, 0.717) is 16.6 Å². The Labute approximate surface area is 110 Å². The average Bonchev–Trinajstić information content (AvgIpc) is 2.48. The fraction of sp³-hybridized carbons (Fsp3) is 0.0714. The number of carbonyl (C=O) groups is 1. The molecular formula is C14H11BFO3. The second-order valence-corrected chi connectivity index (χ2v) is 4.02. The number of aliphatic hydroxyl groups excluding tert-OH is 1. The Morgan fingerprint density at radius 3 is 2.42 bits per heavy atom. The molecule has 0 aliphatic carbocycles. The first kappa shape index (κ1) is 13.5. The highest BCUT2D eigenvalue weighted by atomic mass is 19.3. The molecule has 2 aromatic carbocycles. The van der Waals surface area contributed by atoms with Gasteiger partial charge in [0, 0.05) is 5.56 Å². The lowest BCUT2D eigenvalue weighted by Crippen LogP contribution is -2.20. The molecule has 1 radical (unpaired) electrons. The van der Waals surface area contributed by atoms with Gasteiger partial charge in [0.15, 0.2) is 0 Å². The first-order valence-corrected chi connectivity index (χ1v) is 5.68. The van der Waals surface area contributed by atoms with Crippen LogP contribution in [0.5, 0.6) is 0 Å². The third kappa shape index (κ3) is 3.07. The molecule has 0 aliphatic rings. The standard InChI is InChI=1S/C14H11BFO3/c16-19-15-14-6-5-12(7-13(14)9-18)11-3-1-10(8-17)2-4-11/h1-8,18H,9H2. The van der Waals surface area contributed by atoms with Crippen LogP contribution in [0.3, 0.4) is 0 Å². The summed E-state index contributed by atoms with van der Waals surface area (Å²) >= 11 is 0. The van der Waals surface area contributed by atoms with Crippen LogP contribution in [-0.2, 0) is 11.5 Å². The summed E-state index contributed by atoms with van der Waals surface area (Å²) in [7, 11) is 0.935. The van der Waals surface area contributed by atoms with Crippen LogP contribution in [0, 0.1) is 0 Å². The van der Waals surface area contributed by atoms with Crippen LogP contribution in [0.15, 0.2) is 42.5 Å². The van der Waals surface area contributed by atoms with E-state index in [2.05, 4.69) is 4.86 Å². The molecule has 0 amide bonds. The Morgan fingerprint density at radius 1 is 1.16 bits per heavy atom. The van der Waals surface area contributed by atoms with E-state index in [1.807, 2.05) is 12.1 Å². The minimum absolute atomic E-state index is 0.213. The van der Waals surface area contributed by atoms with Gasteiger partial charge in [0.05, 0.1) is 6.61 Å². The van der Waals surface area contributed by atoms with Gasteiger partial charge >= 0.3 is 7.48 Å². The molecule has 0 bridgehead atoms. The van der Waals surface area contributed by atoms with E-state index in [0.717, 1.165) is 24.9 Å². The highest BCUT2D eigenvalue weighted by Gasteiger charge is 2.07. The van der Waals surface area contributed by atoms with Crippen LogP contribution in [0.4, 0.5) is 4.53 Å². The largest absolute Gasteiger partial charge is 0.392 e. The van der Waals surface area contributed by atoms with Gasteiger partial charge in [-0.3, -0.25) is 9.65 Å². The van der Waals surface area contributed by atoms with Crippen molar-refractivity contribution >= 4 is 19.2 Å². The molecule has 2 rings (SSSR count). The smallest absolute Gasteiger partial charge is 0.389 e. The molecule has 0 saturated carbocycles. The quantitative estimate of drug-likeness (QED) is 0.656.